The Labute approximate surface area is 360 Å². The highest BCUT2D eigenvalue weighted by molar-refractivity contribution is 5.82. The van der Waals surface area contributed by atoms with Gasteiger partial charge >= 0.3 is 5.97 Å². The minimum absolute atomic E-state index is 0.0178. The van der Waals surface area contributed by atoms with E-state index in [9.17, 15) is 19.8 Å². The number of nitrogens with zero attached hydrogens (tertiary/aromatic N) is 1. The molecule has 0 saturated carbocycles. The molecule has 0 aromatic carbocycles. The number of hydrogen-bond donors (Lipinski definition) is 7. The predicted octanol–water partition coefficient (Wildman–Crippen LogP) is 3.96. The van der Waals surface area contributed by atoms with Crippen molar-refractivity contribution in [3.05, 3.63) is 12.2 Å². The molecule has 344 valence electrons. The van der Waals surface area contributed by atoms with Crippen LogP contribution in [0.25, 0.3) is 0 Å². The normalized spacial score (nSPS) is 38.3. The summed E-state index contributed by atoms with van der Waals surface area (Å²) < 4.78 is 25.8. The van der Waals surface area contributed by atoms with Crippen LogP contribution in [0.3, 0.4) is 0 Å². The molecule has 6 aliphatic rings. The summed E-state index contributed by atoms with van der Waals surface area (Å²) in [5.74, 6) is -2.55. The van der Waals surface area contributed by atoms with Crippen molar-refractivity contribution >= 4 is 11.9 Å². The lowest BCUT2D eigenvalue weighted by Crippen LogP contribution is -3.28. The SMILES string of the molecule is CCC=CC1CCC2(CC3CCC4C(C(=O)OC(CC)CCCCCCCCCCCCC5OC(O)(CCN)C(O)N(CCCN)C5=O)C5(CCCC(C)O5)NC(N2)[NH+]34)O1. The number of esters is 1. The molecule has 6 rings (SSSR count). The first-order valence-corrected chi connectivity index (χ1v) is 24.4. The number of ether oxygens (including phenoxy) is 4. The van der Waals surface area contributed by atoms with Gasteiger partial charge in [-0.3, -0.25) is 9.59 Å². The van der Waals surface area contributed by atoms with E-state index >= 15 is 0 Å². The van der Waals surface area contributed by atoms with Crippen molar-refractivity contribution in [1.82, 2.24) is 15.5 Å². The number of quaternary nitrogens is 1. The monoisotopic (exact) mass is 848 g/mol. The first-order valence-electron chi connectivity index (χ1n) is 24.4. The largest absolute Gasteiger partial charge is 0.462 e. The Morgan fingerprint density at radius 1 is 0.950 bits per heavy atom. The van der Waals surface area contributed by atoms with Gasteiger partial charge in [-0.15, -0.1) is 0 Å². The molecule has 13 unspecified atom stereocenters. The van der Waals surface area contributed by atoms with Gasteiger partial charge in [-0.1, -0.05) is 83.8 Å². The lowest BCUT2D eigenvalue weighted by atomic mass is 9.79. The molecule has 14 nitrogen and oxygen atoms in total. The molecule has 14 heteroatoms. The van der Waals surface area contributed by atoms with Crippen molar-refractivity contribution in [2.75, 3.05) is 19.6 Å². The van der Waals surface area contributed by atoms with Crippen LogP contribution in [-0.2, 0) is 28.5 Å². The Morgan fingerprint density at radius 2 is 1.68 bits per heavy atom. The second-order valence-corrected chi connectivity index (χ2v) is 19.1. The Bertz CT molecular complexity index is 1390. The third kappa shape index (κ3) is 11.3. The van der Waals surface area contributed by atoms with E-state index in [1.54, 1.807) is 0 Å². The van der Waals surface area contributed by atoms with Crippen LogP contribution in [0, 0.1) is 5.92 Å². The van der Waals surface area contributed by atoms with E-state index < -0.39 is 23.8 Å². The highest BCUT2D eigenvalue weighted by Crippen LogP contribution is 2.43. The van der Waals surface area contributed by atoms with E-state index in [1.165, 1.54) is 35.5 Å². The fourth-order valence-corrected chi connectivity index (χ4v) is 11.6. The van der Waals surface area contributed by atoms with Crippen LogP contribution in [0.2, 0.25) is 0 Å². The molecular weight excluding hydrogens is 765 g/mol. The molecule has 9 N–H and O–H groups in total. The van der Waals surface area contributed by atoms with Crippen LogP contribution in [0.4, 0.5) is 0 Å². The van der Waals surface area contributed by atoms with Crippen LogP contribution in [0.15, 0.2) is 12.2 Å². The summed E-state index contributed by atoms with van der Waals surface area (Å²) in [4.78, 5) is 30.2. The minimum Gasteiger partial charge on any atom is -0.462 e. The molecule has 1 amide bonds. The van der Waals surface area contributed by atoms with Crippen LogP contribution < -0.4 is 27.0 Å². The highest BCUT2D eigenvalue weighted by atomic mass is 16.7. The maximum absolute atomic E-state index is 14.4. The summed E-state index contributed by atoms with van der Waals surface area (Å²) in [7, 11) is 0. The summed E-state index contributed by atoms with van der Waals surface area (Å²) >= 11 is 0. The van der Waals surface area contributed by atoms with Gasteiger partial charge in [-0.05, 0) is 90.6 Å². The minimum atomic E-state index is -1.86. The van der Waals surface area contributed by atoms with Crippen molar-refractivity contribution in [2.45, 2.75) is 241 Å². The smallest absolute Gasteiger partial charge is 0.319 e. The molecule has 13 atom stereocenters. The Morgan fingerprint density at radius 3 is 2.37 bits per heavy atom. The summed E-state index contributed by atoms with van der Waals surface area (Å²) in [5.41, 5.74) is 10.2. The summed E-state index contributed by atoms with van der Waals surface area (Å²) in [6, 6.07) is 0.594. The van der Waals surface area contributed by atoms with Crippen molar-refractivity contribution in [3.8, 4) is 0 Å². The standard InChI is InChI=1S/C46H82N6O8/c1-4-6-20-36-25-27-44(59-36)32-34-23-24-37-39(45(26-17-19-33(3)58-45)50-43(49-44)52(34)37)41(54)57-35(5-2)21-15-13-11-9-7-8-10-12-14-16-22-38-40(53)51(31-18-29-47)42(55)46(56,60-38)28-30-48/h6,20,33-39,42-43,49-50,55-56H,4-5,7-19,21-32,47-48H2,1-3H3/p+1. The van der Waals surface area contributed by atoms with Crippen molar-refractivity contribution in [1.29, 1.82) is 0 Å². The van der Waals surface area contributed by atoms with Crippen LogP contribution in [-0.4, -0.2) is 113 Å². The van der Waals surface area contributed by atoms with Gasteiger partial charge in [0.05, 0.1) is 18.2 Å². The van der Waals surface area contributed by atoms with E-state index in [1.807, 2.05) is 0 Å². The molecule has 2 spiro atoms. The molecule has 0 aromatic rings. The quantitative estimate of drug-likeness (QED) is 0.0446. The van der Waals surface area contributed by atoms with Gasteiger partial charge < -0.3 is 50.4 Å². The van der Waals surface area contributed by atoms with Gasteiger partial charge in [0.1, 0.15) is 29.7 Å². The van der Waals surface area contributed by atoms with E-state index in [0.717, 1.165) is 109 Å². The van der Waals surface area contributed by atoms with Gasteiger partial charge in [0.15, 0.2) is 12.1 Å². The van der Waals surface area contributed by atoms with E-state index in [-0.39, 0.29) is 73.7 Å². The number of aliphatic hydroxyl groups is 2. The molecule has 6 saturated heterocycles. The first kappa shape index (κ1) is 47.8. The molecule has 0 bridgehead atoms. The number of morpholine rings is 1. The highest BCUT2D eigenvalue weighted by Gasteiger charge is 2.67. The Balaban J connectivity index is 0.892. The van der Waals surface area contributed by atoms with E-state index in [0.29, 0.717) is 25.4 Å². The molecule has 0 aliphatic carbocycles. The Kier molecular flexibility index (Phi) is 17.7. The number of carbonyl (C=O) groups is 2. The van der Waals surface area contributed by atoms with Crippen molar-refractivity contribution in [3.63, 3.8) is 0 Å². The second-order valence-electron chi connectivity index (χ2n) is 19.1. The zero-order chi connectivity index (χ0) is 42.8. The number of nitrogens with two attached hydrogens (primary N) is 2. The molecular formula is C46H83N6O8+. The summed E-state index contributed by atoms with van der Waals surface area (Å²) in [5, 5.41) is 29.5. The number of nitrogens with one attached hydrogen (secondary N) is 3. The maximum Gasteiger partial charge on any atom is 0.319 e. The second kappa shape index (κ2) is 22.3. The van der Waals surface area contributed by atoms with Gasteiger partial charge in [-0.25, -0.2) is 10.6 Å². The third-order valence-electron chi connectivity index (χ3n) is 14.6. The van der Waals surface area contributed by atoms with Crippen molar-refractivity contribution < 1.29 is 43.6 Å². The van der Waals surface area contributed by atoms with E-state index in [2.05, 4.69) is 43.6 Å². The number of amides is 1. The average Bonchev–Trinajstić information content (AvgIpc) is 3.82. The summed E-state index contributed by atoms with van der Waals surface area (Å²) in [6.45, 7) is 7.25. The van der Waals surface area contributed by atoms with E-state index in [4.69, 9.17) is 30.4 Å². The summed E-state index contributed by atoms with van der Waals surface area (Å²) in [6.07, 6.45) is 25.2. The van der Waals surface area contributed by atoms with Crippen molar-refractivity contribution in [2.24, 2.45) is 17.4 Å². The van der Waals surface area contributed by atoms with Crippen LogP contribution in [0.5, 0.6) is 0 Å². The van der Waals surface area contributed by atoms with Gasteiger partial charge in [0.2, 0.25) is 12.1 Å². The fraction of sp³-hybridized carbons (Fsp3) is 0.913. The van der Waals surface area contributed by atoms with Crippen LogP contribution in [0.1, 0.15) is 175 Å². The first-order chi connectivity index (χ1) is 29.0. The number of rotatable bonds is 23. The number of hydrogen-bond acceptors (Lipinski definition) is 12. The topological polar surface area (TPSA) is 195 Å². The third-order valence-corrected chi connectivity index (χ3v) is 14.6. The predicted molar refractivity (Wildman–Crippen MR) is 230 cm³/mol. The number of carbonyl (C=O) groups excluding carboxylic acids is 2. The molecule has 6 aliphatic heterocycles. The number of unbranched alkanes of at least 4 members (excludes halogenated alkanes) is 9. The zero-order valence-electron chi connectivity index (χ0n) is 37.4. The fourth-order valence-electron chi connectivity index (χ4n) is 11.6. The lowest BCUT2D eigenvalue weighted by Gasteiger charge is -2.57. The molecule has 0 radical (unpaired) electrons. The number of aliphatic hydroxyl groups excluding tert-OH is 1. The lowest BCUT2D eigenvalue weighted by molar-refractivity contribution is -0.985. The Hall–Kier alpha value is -1.72. The zero-order valence-corrected chi connectivity index (χ0v) is 37.4. The average molecular weight is 848 g/mol. The maximum atomic E-state index is 14.4. The molecule has 6 heterocycles. The van der Waals surface area contributed by atoms with Gasteiger partial charge in [-0.2, -0.15) is 0 Å². The number of allylic oxidation sites excluding steroid dienone is 1. The molecule has 0 aromatic heterocycles. The van der Waals surface area contributed by atoms with Gasteiger partial charge in [0, 0.05) is 32.2 Å². The van der Waals surface area contributed by atoms with Gasteiger partial charge in [0.25, 0.3) is 5.91 Å². The molecule has 60 heavy (non-hydrogen) atoms. The molecule has 6 fully saturated rings. The van der Waals surface area contributed by atoms with Crippen LogP contribution >= 0.6 is 0 Å².